The summed E-state index contributed by atoms with van der Waals surface area (Å²) in [5.41, 5.74) is 0.726. The lowest BCUT2D eigenvalue weighted by atomic mass is 10.1. The second-order valence-electron chi connectivity index (χ2n) is 4.57. The molecule has 0 aliphatic heterocycles. The number of carbonyl (C=O) groups is 1. The second kappa shape index (κ2) is 6.94. The molecular weight excluding hydrogens is 206 g/mol. The molecule has 1 N–H and O–H groups in total. The summed E-state index contributed by atoms with van der Waals surface area (Å²) < 4.78 is 0. The molecule has 0 spiro atoms. The molecule has 0 heterocycles. The van der Waals surface area contributed by atoms with Gasteiger partial charge in [-0.25, -0.2) is 0 Å². The van der Waals surface area contributed by atoms with E-state index in [-0.39, 0.29) is 11.4 Å². The van der Waals surface area contributed by atoms with Gasteiger partial charge >= 0.3 is 0 Å². The normalized spacial score (nSPS) is 12.7. The van der Waals surface area contributed by atoms with Gasteiger partial charge in [-0.05, 0) is 44.8 Å². The lowest BCUT2D eigenvalue weighted by Gasteiger charge is -2.21. The van der Waals surface area contributed by atoms with Gasteiger partial charge in [0.1, 0.15) is 0 Å². The van der Waals surface area contributed by atoms with Gasteiger partial charge in [-0.3, -0.25) is 4.79 Å². The Bertz CT molecular complexity index is 228. The first-order valence-corrected chi connectivity index (χ1v) is 6.58. The van der Waals surface area contributed by atoms with E-state index in [0.717, 1.165) is 24.2 Å². The Labute approximate surface area is 97.9 Å². The van der Waals surface area contributed by atoms with E-state index in [0.29, 0.717) is 0 Å². The minimum absolute atomic E-state index is 0.0635. The molecule has 0 radical (unpaired) electrons. The minimum Gasteiger partial charge on any atom is -0.348 e. The lowest BCUT2D eigenvalue weighted by Crippen LogP contribution is -2.41. The van der Waals surface area contributed by atoms with Crippen LogP contribution in [0.15, 0.2) is 11.0 Å². The standard InChI is InChI=1S/C12H23NOS/c1-6-8-15-9-10(7-2)11(14)13-12(3,4)5/h9H,6-8H2,1-5H3,(H,13,14). The van der Waals surface area contributed by atoms with E-state index in [9.17, 15) is 4.79 Å². The lowest BCUT2D eigenvalue weighted by molar-refractivity contribution is -0.118. The van der Waals surface area contributed by atoms with Crippen molar-refractivity contribution >= 4 is 17.7 Å². The van der Waals surface area contributed by atoms with Crippen LogP contribution in [0.4, 0.5) is 0 Å². The van der Waals surface area contributed by atoms with Gasteiger partial charge in [-0.2, -0.15) is 0 Å². The molecule has 0 rings (SSSR count). The molecule has 3 heteroatoms. The number of amides is 1. The molecule has 0 aliphatic rings. The van der Waals surface area contributed by atoms with Crippen LogP contribution in [-0.4, -0.2) is 17.2 Å². The van der Waals surface area contributed by atoms with Gasteiger partial charge in [0.25, 0.3) is 0 Å². The van der Waals surface area contributed by atoms with Crippen LogP contribution >= 0.6 is 11.8 Å². The highest BCUT2D eigenvalue weighted by atomic mass is 32.2. The molecule has 0 atom stereocenters. The molecular formula is C12H23NOS. The molecule has 1 amide bonds. The molecule has 88 valence electrons. The Balaban J connectivity index is 4.28. The first kappa shape index (κ1) is 14.6. The average molecular weight is 229 g/mol. The number of hydrogen-bond donors (Lipinski definition) is 1. The highest BCUT2D eigenvalue weighted by molar-refractivity contribution is 8.02. The third kappa shape index (κ3) is 7.48. The number of thioether (sulfide) groups is 1. The smallest absolute Gasteiger partial charge is 0.248 e. The van der Waals surface area contributed by atoms with Crippen LogP contribution in [0.2, 0.25) is 0 Å². The molecule has 15 heavy (non-hydrogen) atoms. The third-order valence-electron chi connectivity index (χ3n) is 1.71. The van der Waals surface area contributed by atoms with Gasteiger partial charge in [-0.1, -0.05) is 13.8 Å². The average Bonchev–Trinajstić information content (AvgIpc) is 2.09. The van der Waals surface area contributed by atoms with E-state index >= 15 is 0 Å². The monoisotopic (exact) mass is 229 g/mol. The number of nitrogens with one attached hydrogen (secondary N) is 1. The van der Waals surface area contributed by atoms with Gasteiger partial charge in [0.05, 0.1) is 0 Å². The molecule has 0 aromatic heterocycles. The second-order valence-corrected chi connectivity index (χ2v) is 5.55. The Hall–Kier alpha value is -0.440. The van der Waals surface area contributed by atoms with Gasteiger partial charge in [-0.15, -0.1) is 11.8 Å². The van der Waals surface area contributed by atoms with Gasteiger partial charge in [0, 0.05) is 11.1 Å². The summed E-state index contributed by atoms with van der Waals surface area (Å²) in [5, 5.41) is 4.97. The van der Waals surface area contributed by atoms with Crippen molar-refractivity contribution in [1.29, 1.82) is 0 Å². The fourth-order valence-corrected chi connectivity index (χ4v) is 1.82. The first-order valence-electron chi connectivity index (χ1n) is 5.53. The van der Waals surface area contributed by atoms with Crippen LogP contribution in [0.5, 0.6) is 0 Å². The minimum atomic E-state index is -0.152. The maximum Gasteiger partial charge on any atom is 0.248 e. The van der Waals surface area contributed by atoms with Crippen molar-refractivity contribution in [3.63, 3.8) is 0 Å². The van der Waals surface area contributed by atoms with E-state index in [1.165, 1.54) is 0 Å². The molecule has 0 saturated carbocycles. The molecule has 0 saturated heterocycles. The van der Waals surface area contributed by atoms with Crippen LogP contribution in [0.1, 0.15) is 47.5 Å². The van der Waals surface area contributed by atoms with Crippen LogP contribution in [-0.2, 0) is 4.79 Å². The SMILES string of the molecule is CCCSC=C(CC)C(=O)NC(C)(C)C. The zero-order valence-corrected chi connectivity index (χ0v) is 11.3. The highest BCUT2D eigenvalue weighted by Crippen LogP contribution is 2.12. The summed E-state index contributed by atoms with van der Waals surface area (Å²) in [6.07, 6.45) is 1.93. The summed E-state index contributed by atoms with van der Waals surface area (Å²) in [6, 6.07) is 0. The van der Waals surface area contributed by atoms with Crippen molar-refractivity contribution in [2.75, 3.05) is 5.75 Å². The summed E-state index contributed by atoms with van der Waals surface area (Å²) in [4.78, 5) is 11.8. The molecule has 0 aromatic carbocycles. The van der Waals surface area contributed by atoms with Crippen molar-refractivity contribution in [3.05, 3.63) is 11.0 Å². The summed E-state index contributed by atoms with van der Waals surface area (Å²) in [6.45, 7) is 10.1. The number of rotatable bonds is 5. The molecule has 0 unspecified atom stereocenters. The van der Waals surface area contributed by atoms with E-state index in [2.05, 4.69) is 12.2 Å². The zero-order valence-electron chi connectivity index (χ0n) is 10.5. The van der Waals surface area contributed by atoms with Crippen molar-refractivity contribution in [1.82, 2.24) is 5.32 Å². The number of carbonyl (C=O) groups excluding carboxylic acids is 1. The molecule has 0 aliphatic carbocycles. The van der Waals surface area contributed by atoms with Crippen molar-refractivity contribution in [2.45, 2.75) is 53.0 Å². The fraction of sp³-hybridized carbons (Fsp3) is 0.750. The zero-order chi connectivity index (χ0) is 11.9. The van der Waals surface area contributed by atoms with Gasteiger partial charge in [0.2, 0.25) is 5.91 Å². The summed E-state index contributed by atoms with van der Waals surface area (Å²) in [5.74, 6) is 1.14. The first-order chi connectivity index (χ1) is 6.90. The van der Waals surface area contributed by atoms with Gasteiger partial charge in [0.15, 0.2) is 0 Å². The van der Waals surface area contributed by atoms with E-state index < -0.39 is 0 Å². The maximum atomic E-state index is 11.8. The Morgan fingerprint density at radius 3 is 2.33 bits per heavy atom. The Morgan fingerprint density at radius 2 is 1.93 bits per heavy atom. The van der Waals surface area contributed by atoms with Crippen molar-refractivity contribution in [3.8, 4) is 0 Å². The van der Waals surface area contributed by atoms with Crippen LogP contribution in [0, 0.1) is 0 Å². The summed E-state index contributed by atoms with van der Waals surface area (Å²) in [7, 11) is 0. The van der Waals surface area contributed by atoms with Crippen LogP contribution in [0.3, 0.4) is 0 Å². The quantitative estimate of drug-likeness (QED) is 0.578. The highest BCUT2D eigenvalue weighted by Gasteiger charge is 2.15. The van der Waals surface area contributed by atoms with Crippen molar-refractivity contribution in [2.24, 2.45) is 0 Å². The largest absolute Gasteiger partial charge is 0.348 e. The van der Waals surface area contributed by atoms with Crippen LogP contribution in [0.25, 0.3) is 0 Å². The topological polar surface area (TPSA) is 29.1 Å². The van der Waals surface area contributed by atoms with Crippen LogP contribution < -0.4 is 5.32 Å². The van der Waals surface area contributed by atoms with E-state index in [4.69, 9.17) is 0 Å². The molecule has 0 aromatic rings. The molecule has 0 fully saturated rings. The van der Waals surface area contributed by atoms with Crippen molar-refractivity contribution < 1.29 is 4.79 Å². The Kier molecular flexibility index (Phi) is 6.73. The predicted molar refractivity (Wildman–Crippen MR) is 69.0 cm³/mol. The van der Waals surface area contributed by atoms with Gasteiger partial charge < -0.3 is 5.32 Å². The number of hydrogen-bond acceptors (Lipinski definition) is 2. The van der Waals surface area contributed by atoms with E-state index in [1.54, 1.807) is 11.8 Å². The summed E-state index contributed by atoms with van der Waals surface area (Å²) >= 11 is 1.72. The molecule has 2 nitrogen and oxygen atoms in total. The maximum absolute atomic E-state index is 11.8. The third-order valence-corrected chi connectivity index (χ3v) is 2.80. The van der Waals surface area contributed by atoms with E-state index in [1.807, 2.05) is 33.1 Å². The fourth-order valence-electron chi connectivity index (χ4n) is 0.996. The molecule has 0 bridgehead atoms. The Morgan fingerprint density at radius 1 is 1.33 bits per heavy atom. The predicted octanol–water partition coefficient (Wildman–Crippen LogP) is 3.34.